The summed E-state index contributed by atoms with van der Waals surface area (Å²) in [6.07, 6.45) is 6.10. The zero-order valence-corrected chi connectivity index (χ0v) is 12.9. The van der Waals surface area contributed by atoms with E-state index in [1.165, 1.54) is 44.6 Å². The normalized spacial score (nSPS) is 26.5. The van der Waals surface area contributed by atoms with Gasteiger partial charge < -0.3 is 5.32 Å². The van der Waals surface area contributed by atoms with Crippen LogP contribution >= 0.6 is 11.8 Å². The van der Waals surface area contributed by atoms with Gasteiger partial charge in [0.2, 0.25) is 0 Å². The first-order valence-corrected chi connectivity index (χ1v) is 8.58. The molecular formula is C14H30N2S. The molecule has 1 N–H and O–H groups in total. The fraction of sp³-hybridized carbons (Fsp3) is 1.00. The highest BCUT2D eigenvalue weighted by atomic mass is 32.2. The van der Waals surface area contributed by atoms with Gasteiger partial charge in [-0.15, -0.1) is 0 Å². The second-order valence-electron chi connectivity index (χ2n) is 5.31. The highest BCUT2D eigenvalue weighted by Gasteiger charge is 2.25. The molecule has 0 spiro atoms. The quantitative estimate of drug-likeness (QED) is 0.789. The molecule has 17 heavy (non-hydrogen) atoms. The van der Waals surface area contributed by atoms with Crippen molar-refractivity contribution < 1.29 is 0 Å². The Bertz CT molecular complexity index is 199. The van der Waals surface area contributed by atoms with Crippen LogP contribution in [-0.2, 0) is 0 Å². The standard InChI is InChI=1S/C14H30N2S/c1-5-12(3)14-10-16(9-7-8-15-14)13(6-2)11-17-4/h12-15H,5-11H2,1-4H3. The van der Waals surface area contributed by atoms with Crippen LogP contribution in [0.2, 0.25) is 0 Å². The molecular weight excluding hydrogens is 228 g/mol. The molecule has 3 atom stereocenters. The second kappa shape index (κ2) is 8.39. The van der Waals surface area contributed by atoms with Gasteiger partial charge in [-0.1, -0.05) is 27.2 Å². The summed E-state index contributed by atoms with van der Waals surface area (Å²) < 4.78 is 0. The van der Waals surface area contributed by atoms with Crippen molar-refractivity contribution in [3.8, 4) is 0 Å². The summed E-state index contributed by atoms with van der Waals surface area (Å²) in [6, 6.07) is 1.47. The lowest BCUT2D eigenvalue weighted by atomic mass is 9.98. The molecule has 0 aromatic heterocycles. The predicted octanol–water partition coefficient (Wildman–Crippen LogP) is 2.84. The first-order valence-electron chi connectivity index (χ1n) is 7.19. The molecule has 1 aliphatic heterocycles. The second-order valence-corrected chi connectivity index (χ2v) is 6.22. The van der Waals surface area contributed by atoms with Gasteiger partial charge >= 0.3 is 0 Å². The number of nitrogens with one attached hydrogen (secondary N) is 1. The third-order valence-corrected chi connectivity index (χ3v) is 4.86. The molecule has 3 unspecified atom stereocenters. The van der Waals surface area contributed by atoms with E-state index in [1.807, 2.05) is 11.8 Å². The van der Waals surface area contributed by atoms with Crippen molar-refractivity contribution in [3.05, 3.63) is 0 Å². The molecule has 0 aromatic rings. The number of thioether (sulfide) groups is 1. The minimum Gasteiger partial charge on any atom is -0.312 e. The van der Waals surface area contributed by atoms with E-state index in [-0.39, 0.29) is 0 Å². The first kappa shape index (κ1) is 15.3. The van der Waals surface area contributed by atoms with Crippen molar-refractivity contribution in [1.82, 2.24) is 10.2 Å². The summed E-state index contributed by atoms with van der Waals surface area (Å²) in [5.74, 6) is 2.08. The lowest BCUT2D eigenvalue weighted by molar-refractivity contribution is 0.186. The summed E-state index contributed by atoms with van der Waals surface area (Å²) in [4.78, 5) is 2.73. The maximum Gasteiger partial charge on any atom is 0.0220 e. The third-order valence-electron chi connectivity index (χ3n) is 4.14. The minimum atomic E-state index is 0.693. The van der Waals surface area contributed by atoms with Crippen LogP contribution in [0, 0.1) is 5.92 Å². The summed E-state index contributed by atoms with van der Waals surface area (Å²) in [7, 11) is 0. The van der Waals surface area contributed by atoms with Gasteiger partial charge in [-0.2, -0.15) is 11.8 Å². The summed E-state index contributed by atoms with van der Waals surface area (Å²) in [6.45, 7) is 10.7. The zero-order valence-electron chi connectivity index (χ0n) is 12.0. The van der Waals surface area contributed by atoms with Gasteiger partial charge in [0.15, 0.2) is 0 Å². The number of rotatable bonds is 6. The maximum absolute atomic E-state index is 3.73. The van der Waals surface area contributed by atoms with Crippen LogP contribution in [0.4, 0.5) is 0 Å². The Morgan fingerprint density at radius 2 is 2.12 bits per heavy atom. The number of hydrogen-bond donors (Lipinski definition) is 1. The van der Waals surface area contributed by atoms with Crippen LogP contribution in [0.25, 0.3) is 0 Å². The van der Waals surface area contributed by atoms with Gasteiger partial charge in [0.1, 0.15) is 0 Å². The van der Waals surface area contributed by atoms with Gasteiger partial charge in [-0.05, 0) is 38.1 Å². The molecule has 2 nitrogen and oxygen atoms in total. The molecule has 1 heterocycles. The summed E-state index contributed by atoms with van der Waals surface area (Å²) in [5.41, 5.74) is 0. The van der Waals surface area contributed by atoms with E-state index in [0.717, 1.165) is 12.0 Å². The Labute approximate surface area is 112 Å². The fourth-order valence-corrected chi connectivity index (χ4v) is 3.48. The van der Waals surface area contributed by atoms with Crippen LogP contribution < -0.4 is 5.32 Å². The van der Waals surface area contributed by atoms with Crippen molar-refractivity contribution >= 4 is 11.8 Å². The fourth-order valence-electron chi connectivity index (χ4n) is 2.65. The molecule has 0 aliphatic carbocycles. The average molecular weight is 258 g/mol. The first-order chi connectivity index (χ1) is 8.22. The summed E-state index contributed by atoms with van der Waals surface area (Å²) >= 11 is 1.99. The van der Waals surface area contributed by atoms with Crippen LogP contribution in [0.15, 0.2) is 0 Å². The summed E-state index contributed by atoms with van der Waals surface area (Å²) in [5, 5.41) is 3.73. The predicted molar refractivity (Wildman–Crippen MR) is 79.9 cm³/mol. The molecule has 1 aliphatic rings. The lowest BCUT2D eigenvalue weighted by Gasteiger charge is -2.33. The van der Waals surface area contributed by atoms with Gasteiger partial charge in [0, 0.05) is 24.4 Å². The lowest BCUT2D eigenvalue weighted by Crippen LogP contribution is -2.46. The zero-order chi connectivity index (χ0) is 12.7. The third kappa shape index (κ3) is 4.80. The smallest absolute Gasteiger partial charge is 0.0220 e. The molecule has 0 amide bonds. The molecule has 1 saturated heterocycles. The van der Waals surface area contributed by atoms with Crippen LogP contribution in [0.3, 0.4) is 0 Å². The Hall–Kier alpha value is 0.270. The van der Waals surface area contributed by atoms with E-state index < -0.39 is 0 Å². The van der Waals surface area contributed by atoms with E-state index in [4.69, 9.17) is 0 Å². The van der Waals surface area contributed by atoms with Crippen molar-refractivity contribution in [3.63, 3.8) is 0 Å². The van der Waals surface area contributed by atoms with E-state index in [1.54, 1.807) is 0 Å². The van der Waals surface area contributed by atoms with Gasteiger partial charge in [0.25, 0.3) is 0 Å². The Kier molecular flexibility index (Phi) is 7.56. The average Bonchev–Trinajstić information content (AvgIpc) is 2.60. The monoisotopic (exact) mass is 258 g/mol. The molecule has 102 valence electrons. The van der Waals surface area contributed by atoms with Crippen molar-refractivity contribution in [2.75, 3.05) is 31.6 Å². The topological polar surface area (TPSA) is 15.3 Å². The number of nitrogens with zero attached hydrogens (tertiary/aromatic N) is 1. The Morgan fingerprint density at radius 3 is 2.71 bits per heavy atom. The van der Waals surface area contributed by atoms with Crippen molar-refractivity contribution in [2.24, 2.45) is 5.92 Å². The van der Waals surface area contributed by atoms with E-state index in [9.17, 15) is 0 Å². The van der Waals surface area contributed by atoms with Crippen molar-refractivity contribution in [1.29, 1.82) is 0 Å². The molecule has 0 aromatic carbocycles. The molecule has 0 bridgehead atoms. The van der Waals surface area contributed by atoms with Gasteiger partial charge in [-0.3, -0.25) is 4.90 Å². The van der Waals surface area contributed by atoms with E-state index in [0.29, 0.717) is 6.04 Å². The largest absolute Gasteiger partial charge is 0.312 e. The van der Waals surface area contributed by atoms with Gasteiger partial charge in [0.05, 0.1) is 0 Å². The number of hydrogen-bond acceptors (Lipinski definition) is 3. The molecule has 3 heteroatoms. The van der Waals surface area contributed by atoms with Crippen molar-refractivity contribution in [2.45, 2.75) is 52.1 Å². The van der Waals surface area contributed by atoms with E-state index in [2.05, 4.69) is 37.2 Å². The highest BCUT2D eigenvalue weighted by Crippen LogP contribution is 2.17. The SMILES string of the molecule is CCC(C)C1CN(C(CC)CSC)CCCN1. The van der Waals surface area contributed by atoms with Crippen LogP contribution in [0.5, 0.6) is 0 Å². The molecule has 1 fully saturated rings. The minimum absolute atomic E-state index is 0.693. The van der Waals surface area contributed by atoms with E-state index >= 15 is 0 Å². The Balaban J connectivity index is 2.57. The van der Waals surface area contributed by atoms with Crippen LogP contribution in [0.1, 0.15) is 40.0 Å². The van der Waals surface area contributed by atoms with Crippen LogP contribution in [-0.4, -0.2) is 48.6 Å². The molecule has 1 rings (SSSR count). The molecule has 0 saturated carbocycles. The molecule has 0 radical (unpaired) electrons. The highest BCUT2D eigenvalue weighted by molar-refractivity contribution is 7.98. The Morgan fingerprint density at radius 1 is 1.35 bits per heavy atom. The van der Waals surface area contributed by atoms with Gasteiger partial charge in [-0.25, -0.2) is 0 Å². The maximum atomic E-state index is 3.73.